The van der Waals surface area contributed by atoms with Crippen LogP contribution in [0.5, 0.6) is 0 Å². The molecule has 2 aromatic rings. The van der Waals surface area contributed by atoms with E-state index in [4.69, 9.17) is 0 Å². The molecule has 0 bridgehead atoms. The number of benzene rings is 1. The summed E-state index contributed by atoms with van der Waals surface area (Å²) in [5, 5.41) is 5.37. The first-order valence-corrected chi connectivity index (χ1v) is 9.43. The second-order valence-corrected chi connectivity index (χ2v) is 6.78. The molecule has 154 valence electrons. The summed E-state index contributed by atoms with van der Waals surface area (Å²) in [6.45, 7) is 2.14. The number of amides is 3. The summed E-state index contributed by atoms with van der Waals surface area (Å²) in [5.41, 5.74) is -0.517. The third kappa shape index (κ3) is 3.91. The van der Waals surface area contributed by atoms with E-state index in [0.717, 1.165) is 11.0 Å². The maximum absolute atomic E-state index is 12.4. The summed E-state index contributed by atoms with van der Waals surface area (Å²) in [6.07, 6.45) is 1.32. The molecule has 29 heavy (non-hydrogen) atoms. The van der Waals surface area contributed by atoms with Gasteiger partial charge in [-0.2, -0.15) is 0 Å². The van der Waals surface area contributed by atoms with Gasteiger partial charge in [-0.05, 0) is 38.0 Å². The second-order valence-electron chi connectivity index (χ2n) is 6.78. The Morgan fingerprint density at radius 1 is 1.24 bits per heavy atom. The van der Waals surface area contributed by atoms with Crippen LogP contribution in [-0.4, -0.2) is 58.4 Å². The normalized spacial score (nSPS) is 16.1. The van der Waals surface area contributed by atoms with Crippen LogP contribution in [0.1, 0.15) is 30.1 Å². The molecular weight excluding hydrogens is 378 g/mol. The largest absolute Gasteiger partial charge is 0.357 e. The van der Waals surface area contributed by atoms with E-state index in [0.29, 0.717) is 18.4 Å². The van der Waals surface area contributed by atoms with Crippen molar-refractivity contribution in [2.75, 3.05) is 20.1 Å². The summed E-state index contributed by atoms with van der Waals surface area (Å²) in [4.78, 5) is 65.0. The lowest BCUT2D eigenvalue weighted by atomic mass is 10.1. The van der Waals surface area contributed by atoms with E-state index in [2.05, 4.69) is 15.6 Å². The second kappa shape index (κ2) is 8.29. The van der Waals surface area contributed by atoms with E-state index in [9.17, 15) is 24.0 Å². The molecule has 2 heterocycles. The molecule has 1 aliphatic heterocycles. The number of nitrogens with one attached hydrogen (secondary N) is 3. The van der Waals surface area contributed by atoms with E-state index >= 15 is 0 Å². The number of aromatic amines is 1. The van der Waals surface area contributed by atoms with Gasteiger partial charge in [-0.3, -0.25) is 23.7 Å². The van der Waals surface area contributed by atoms with Gasteiger partial charge in [-0.1, -0.05) is 0 Å². The predicted octanol–water partition coefficient (Wildman–Crippen LogP) is -0.823. The third-order valence-electron chi connectivity index (χ3n) is 5.08. The topological polar surface area (TPSA) is 133 Å². The smallest absolute Gasteiger partial charge is 0.328 e. The fourth-order valence-electron chi connectivity index (χ4n) is 3.55. The molecule has 0 spiro atoms. The van der Waals surface area contributed by atoms with Gasteiger partial charge in [0.2, 0.25) is 11.8 Å². The Kier molecular flexibility index (Phi) is 5.81. The highest BCUT2D eigenvalue weighted by atomic mass is 16.2. The molecule has 1 aliphatic rings. The van der Waals surface area contributed by atoms with Crippen LogP contribution < -0.4 is 21.9 Å². The number of fused-ring (bicyclic) bond motifs is 1. The maximum Gasteiger partial charge on any atom is 0.328 e. The number of carbonyl (C=O) groups is 3. The minimum Gasteiger partial charge on any atom is -0.357 e. The fraction of sp³-hybridized carbons (Fsp3) is 0.421. The SMILES string of the molecule is CCn1c(=O)[nH]c2cc(C(=O)NCC(=O)N3CCCC3C(=O)NC)ccc2c1=O. The summed E-state index contributed by atoms with van der Waals surface area (Å²) in [5.74, 6) is -1.08. The first kappa shape index (κ1) is 20.3. The number of hydrogen-bond acceptors (Lipinski definition) is 5. The molecule has 0 saturated carbocycles. The molecule has 1 aromatic carbocycles. The molecule has 10 nitrogen and oxygen atoms in total. The Morgan fingerprint density at radius 2 is 2.00 bits per heavy atom. The number of nitrogens with zero attached hydrogens (tertiary/aromatic N) is 2. The molecule has 1 saturated heterocycles. The molecule has 0 radical (unpaired) electrons. The lowest BCUT2D eigenvalue weighted by Crippen LogP contribution is -2.48. The van der Waals surface area contributed by atoms with Crippen LogP contribution >= 0.6 is 0 Å². The van der Waals surface area contributed by atoms with Crippen LogP contribution in [0.4, 0.5) is 0 Å². The summed E-state index contributed by atoms with van der Waals surface area (Å²) in [6, 6.07) is 3.82. The van der Waals surface area contributed by atoms with Crippen molar-refractivity contribution in [2.24, 2.45) is 0 Å². The highest BCUT2D eigenvalue weighted by Gasteiger charge is 2.33. The van der Waals surface area contributed by atoms with Crippen molar-refractivity contribution in [3.05, 3.63) is 44.6 Å². The zero-order valence-electron chi connectivity index (χ0n) is 16.3. The quantitative estimate of drug-likeness (QED) is 0.602. The number of H-pyrrole nitrogens is 1. The van der Waals surface area contributed by atoms with Gasteiger partial charge >= 0.3 is 5.69 Å². The van der Waals surface area contributed by atoms with Gasteiger partial charge in [-0.25, -0.2) is 4.79 Å². The Labute approximate surface area is 165 Å². The average molecular weight is 401 g/mol. The summed E-state index contributed by atoms with van der Waals surface area (Å²) < 4.78 is 1.07. The van der Waals surface area contributed by atoms with Crippen molar-refractivity contribution in [3.63, 3.8) is 0 Å². The van der Waals surface area contributed by atoms with Crippen LogP contribution in [0.2, 0.25) is 0 Å². The number of likely N-dealkylation sites (tertiary alicyclic amines) is 1. The monoisotopic (exact) mass is 401 g/mol. The van der Waals surface area contributed by atoms with Crippen molar-refractivity contribution in [2.45, 2.75) is 32.4 Å². The number of carbonyl (C=O) groups excluding carboxylic acids is 3. The van der Waals surface area contributed by atoms with Crippen molar-refractivity contribution in [1.82, 2.24) is 25.1 Å². The standard InChI is InChI=1S/C19H23N5O5/c1-3-23-18(28)12-7-6-11(9-13(12)22-19(23)29)16(26)21-10-15(25)24-8-4-5-14(24)17(27)20-2/h6-7,9,14H,3-5,8,10H2,1-2H3,(H,20,27)(H,21,26)(H,22,29). The first-order valence-electron chi connectivity index (χ1n) is 9.43. The van der Waals surface area contributed by atoms with Gasteiger partial charge in [0.05, 0.1) is 17.4 Å². The van der Waals surface area contributed by atoms with Gasteiger partial charge in [0.1, 0.15) is 6.04 Å². The molecule has 1 aromatic heterocycles. The van der Waals surface area contributed by atoms with E-state index in [1.165, 1.54) is 30.1 Å². The van der Waals surface area contributed by atoms with Gasteiger partial charge in [0.25, 0.3) is 11.5 Å². The number of rotatable bonds is 5. The van der Waals surface area contributed by atoms with Crippen molar-refractivity contribution in [1.29, 1.82) is 0 Å². The molecule has 10 heteroatoms. The molecule has 3 N–H and O–H groups in total. The van der Waals surface area contributed by atoms with Crippen LogP contribution in [0.25, 0.3) is 10.9 Å². The zero-order chi connectivity index (χ0) is 21.1. The minimum absolute atomic E-state index is 0.207. The first-order chi connectivity index (χ1) is 13.9. The van der Waals surface area contributed by atoms with E-state index < -0.39 is 23.2 Å². The Morgan fingerprint density at radius 3 is 2.69 bits per heavy atom. The molecule has 1 fully saturated rings. The van der Waals surface area contributed by atoms with Gasteiger partial charge in [0, 0.05) is 25.7 Å². The fourth-order valence-corrected chi connectivity index (χ4v) is 3.55. The van der Waals surface area contributed by atoms with Gasteiger partial charge in [-0.15, -0.1) is 0 Å². The maximum atomic E-state index is 12.4. The lowest BCUT2D eigenvalue weighted by Gasteiger charge is -2.23. The Bertz CT molecular complexity index is 1090. The van der Waals surface area contributed by atoms with Crippen LogP contribution in [0, 0.1) is 0 Å². The van der Waals surface area contributed by atoms with Gasteiger partial charge in [0.15, 0.2) is 0 Å². The molecular formula is C19H23N5O5. The van der Waals surface area contributed by atoms with Crippen LogP contribution in [-0.2, 0) is 16.1 Å². The van der Waals surface area contributed by atoms with Crippen LogP contribution in [0.3, 0.4) is 0 Å². The average Bonchev–Trinajstić information content (AvgIpc) is 3.21. The molecule has 3 amide bonds. The van der Waals surface area contributed by atoms with E-state index in [1.54, 1.807) is 6.92 Å². The minimum atomic E-state index is -0.549. The third-order valence-corrected chi connectivity index (χ3v) is 5.08. The molecule has 1 unspecified atom stereocenters. The summed E-state index contributed by atoms with van der Waals surface area (Å²) in [7, 11) is 1.52. The Balaban J connectivity index is 1.73. The predicted molar refractivity (Wildman–Crippen MR) is 106 cm³/mol. The molecule has 0 aliphatic carbocycles. The number of likely N-dealkylation sites (N-methyl/N-ethyl adjacent to an activating group) is 1. The van der Waals surface area contributed by atoms with Crippen molar-refractivity contribution in [3.8, 4) is 0 Å². The highest BCUT2D eigenvalue weighted by Crippen LogP contribution is 2.17. The van der Waals surface area contributed by atoms with Gasteiger partial charge < -0.3 is 20.5 Å². The van der Waals surface area contributed by atoms with Crippen molar-refractivity contribution >= 4 is 28.6 Å². The molecule has 3 rings (SSSR count). The van der Waals surface area contributed by atoms with E-state index in [1.807, 2.05) is 0 Å². The highest BCUT2D eigenvalue weighted by molar-refractivity contribution is 5.99. The Hall–Kier alpha value is -3.43. The number of hydrogen-bond donors (Lipinski definition) is 3. The summed E-state index contributed by atoms with van der Waals surface area (Å²) >= 11 is 0. The number of aromatic nitrogens is 2. The lowest BCUT2D eigenvalue weighted by molar-refractivity contribution is -0.137. The van der Waals surface area contributed by atoms with Crippen molar-refractivity contribution < 1.29 is 14.4 Å². The zero-order valence-corrected chi connectivity index (χ0v) is 16.3. The molecule has 1 atom stereocenters. The van der Waals surface area contributed by atoms with Crippen LogP contribution in [0.15, 0.2) is 27.8 Å². The van der Waals surface area contributed by atoms with E-state index in [-0.39, 0.29) is 36.0 Å².